The Hall–Kier alpha value is -2.14. The minimum atomic E-state index is -0.997. The largest absolute Gasteiger partial charge is 0.478 e. The molecule has 0 saturated heterocycles. The second-order valence-electron chi connectivity index (χ2n) is 4.42. The van der Waals surface area contributed by atoms with Crippen LogP contribution in [0.1, 0.15) is 5.56 Å². The highest BCUT2D eigenvalue weighted by Crippen LogP contribution is 2.29. The van der Waals surface area contributed by atoms with Crippen molar-refractivity contribution in [3.63, 3.8) is 0 Å². The van der Waals surface area contributed by atoms with Crippen molar-refractivity contribution in [2.24, 2.45) is 0 Å². The van der Waals surface area contributed by atoms with Crippen LogP contribution in [0.25, 0.3) is 6.08 Å². The third kappa shape index (κ3) is 3.92. The Balaban J connectivity index is 2.29. The van der Waals surface area contributed by atoms with E-state index in [0.717, 1.165) is 27.5 Å². The molecular formula is C16H13BrFNO2. The lowest BCUT2D eigenvalue weighted by Gasteiger charge is -2.20. The average molecular weight is 350 g/mol. The number of hydrogen-bond acceptors (Lipinski definition) is 2. The van der Waals surface area contributed by atoms with Crippen molar-refractivity contribution in [3.05, 3.63) is 64.4 Å². The molecule has 0 radical (unpaired) electrons. The standard InChI is InChI=1S/C16H13BrFNO2/c1-19(13-4-2-3-12(18)9-13)14-7-5-11(15(17)10-14)6-8-16(20)21/h2-10H,1H3,(H,20,21)/b8-6+. The van der Waals surface area contributed by atoms with Crippen LogP contribution >= 0.6 is 15.9 Å². The van der Waals surface area contributed by atoms with Gasteiger partial charge >= 0.3 is 5.97 Å². The van der Waals surface area contributed by atoms with E-state index in [-0.39, 0.29) is 5.82 Å². The van der Waals surface area contributed by atoms with Gasteiger partial charge in [0.1, 0.15) is 5.82 Å². The molecule has 3 nitrogen and oxygen atoms in total. The molecule has 108 valence electrons. The number of hydrogen-bond donors (Lipinski definition) is 1. The van der Waals surface area contributed by atoms with Gasteiger partial charge in [0.2, 0.25) is 0 Å². The third-order valence-corrected chi connectivity index (χ3v) is 3.66. The van der Waals surface area contributed by atoms with Crippen molar-refractivity contribution in [1.82, 2.24) is 0 Å². The van der Waals surface area contributed by atoms with E-state index in [1.807, 2.05) is 30.1 Å². The van der Waals surface area contributed by atoms with Crippen LogP contribution in [0.15, 0.2) is 53.0 Å². The molecule has 0 aromatic heterocycles. The quantitative estimate of drug-likeness (QED) is 0.828. The lowest BCUT2D eigenvalue weighted by Crippen LogP contribution is -2.09. The van der Waals surface area contributed by atoms with Gasteiger partial charge in [-0.25, -0.2) is 9.18 Å². The van der Waals surface area contributed by atoms with Crippen LogP contribution in [-0.2, 0) is 4.79 Å². The van der Waals surface area contributed by atoms with E-state index in [1.54, 1.807) is 12.1 Å². The number of anilines is 2. The van der Waals surface area contributed by atoms with Gasteiger partial charge in [-0.1, -0.05) is 28.1 Å². The molecule has 0 unspecified atom stereocenters. The lowest BCUT2D eigenvalue weighted by atomic mass is 10.1. The second-order valence-corrected chi connectivity index (χ2v) is 5.27. The van der Waals surface area contributed by atoms with Gasteiger partial charge in [-0.05, 0) is 42.0 Å². The number of aliphatic carboxylic acids is 1. The van der Waals surface area contributed by atoms with Crippen LogP contribution in [0, 0.1) is 5.82 Å². The maximum absolute atomic E-state index is 13.3. The van der Waals surface area contributed by atoms with Crippen molar-refractivity contribution in [2.45, 2.75) is 0 Å². The fourth-order valence-electron chi connectivity index (χ4n) is 1.85. The summed E-state index contributed by atoms with van der Waals surface area (Å²) in [6.07, 6.45) is 2.59. The van der Waals surface area contributed by atoms with Gasteiger partial charge in [0.25, 0.3) is 0 Å². The summed E-state index contributed by atoms with van der Waals surface area (Å²) in [6.45, 7) is 0. The molecule has 2 aromatic rings. The molecule has 5 heteroatoms. The van der Waals surface area contributed by atoms with E-state index in [2.05, 4.69) is 15.9 Å². The van der Waals surface area contributed by atoms with Crippen molar-refractivity contribution in [3.8, 4) is 0 Å². The minimum absolute atomic E-state index is 0.292. The molecule has 0 aliphatic carbocycles. The summed E-state index contributed by atoms with van der Waals surface area (Å²) in [7, 11) is 1.84. The first kappa shape index (κ1) is 15.3. The average Bonchev–Trinajstić information content (AvgIpc) is 2.45. The summed E-state index contributed by atoms with van der Waals surface area (Å²) < 4.78 is 14.0. The topological polar surface area (TPSA) is 40.5 Å². The van der Waals surface area contributed by atoms with E-state index in [1.165, 1.54) is 18.2 Å². The Kier molecular flexibility index (Phi) is 4.75. The molecule has 2 aromatic carbocycles. The molecule has 0 aliphatic heterocycles. The maximum atomic E-state index is 13.3. The number of carboxylic acids is 1. The summed E-state index contributed by atoms with van der Waals surface area (Å²) in [4.78, 5) is 12.4. The highest BCUT2D eigenvalue weighted by molar-refractivity contribution is 9.10. The van der Waals surface area contributed by atoms with Crippen LogP contribution < -0.4 is 4.90 Å². The van der Waals surface area contributed by atoms with E-state index < -0.39 is 5.97 Å². The lowest BCUT2D eigenvalue weighted by molar-refractivity contribution is -0.131. The van der Waals surface area contributed by atoms with Gasteiger partial charge < -0.3 is 10.0 Å². The Morgan fingerprint density at radius 3 is 2.57 bits per heavy atom. The van der Waals surface area contributed by atoms with Gasteiger partial charge in [-0.2, -0.15) is 0 Å². The predicted molar refractivity (Wildman–Crippen MR) is 85.3 cm³/mol. The molecule has 2 rings (SSSR count). The first-order valence-corrected chi connectivity index (χ1v) is 6.96. The smallest absolute Gasteiger partial charge is 0.328 e. The van der Waals surface area contributed by atoms with Crippen LogP contribution in [0.5, 0.6) is 0 Å². The number of rotatable bonds is 4. The molecular weight excluding hydrogens is 337 g/mol. The molecule has 0 aliphatic rings. The fraction of sp³-hybridized carbons (Fsp3) is 0.0625. The van der Waals surface area contributed by atoms with Crippen molar-refractivity contribution < 1.29 is 14.3 Å². The highest BCUT2D eigenvalue weighted by Gasteiger charge is 2.07. The number of carboxylic acid groups (broad SMARTS) is 1. The minimum Gasteiger partial charge on any atom is -0.478 e. The molecule has 0 bridgehead atoms. The zero-order valence-corrected chi connectivity index (χ0v) is 12.8. The fourth-order valence-corrected chi connectivity index (χ4v) is 2.35. The van der Waals surface area contributed by atoms with Crippen LogP contribution in [0.2, 0.25) is 0 Å². The van der Waals surface area contributed by atoms with E-state index in [4.69, 9.17) is 5.11 Å². The van der Waals surface area contributed by atoms with Crippen molar-refractivity contribution in [1.29, 1.82) is 0 Å². The predicted octanol–water partition coefficient (Wildman–Crippen LogP) is 4.45. The summed E-state index contributed by atoms with van der Waals surface area (Å²) in [5.41, 5.74) is 2.35. The summed E-state index contributed by atoms with van der Waals surface area (Å²) in [5.74, 6) is -1.29. The molecule has 0 amide bonds. The van der Waals surface area contributed by atoms with Gasteiger partial charge in [-0.15, -0.1) is 0 Å². The first-order valence-electron chi connectivity index (χ1n) is 6.17. The number of benzene rings is 2. The molecule has 21 heavy (non-hydrogen) atoms. The Morgan fingerprint density at radius 1 is 1.24 bits per heavy atom. The molecule has 0 heterocycles. The zero-order chi connectivity index (χ0) is 15.4. The second kappa shape index (κ2) is 6.54. The van der Waals surface area contributed by atoms with Crippen molar-refractivity contribution in [2.75, 3.05) is 11.9 Å². The van der Waals surface area contributed by atoms with Gasteiger partial charge in [0, 0.05) is 29.0 Å². The van der Waals surface area contributed by atoms with Gasteiger partial charge in [-0.3, -0.25) is 0 Å². The summed E-state index contributed by atoms with van der Waals surface area (Å²) >= 11 is 3.41. The number of carbonyl (C=O) groups is 1. The number of nitrogens with zero attached hydrogens (tertiary/aromatic N) is 1. The Morgan fingerprint density at radius 2 is 1.95 bits per heavy atom. The maximum Gasteiger partial charge on any atom is 0.328 e. The Bertz CT molecular complexity index is 700. The van der Waals surface area contributed by atoms with Crippen molar-refractivity contribution >= 4 is 39.4 Å². The van der Waals surface area contributed by atoms with E-state index in [9.17, 15) is 9.18 Å². The summed E-state index contributed by atoms with van der Waals surface area (Å²) in [6, 6.07) is 11.8. The Labute approximate surface area is 130 Å². The molecule has 0 fully saturated rings. The normalized spacial score (nSPS) is 10.8. The van der Waals surface area contributed by atoms with E-state index >= 15 is 0 Å². The highest BCUT2D eigenvalue weighted by atomic mass is 79.9. The van der Waals surface area contributed by atoms with Gasteiger partial charge in [0.15, 0.2) is 0 Å². The van der Waals surface area contributed by atoms with Crippen LogP contribution in [0.4, 0.5) is 15.8 Å². The van der Waals surface area contributed by atoms with Crippen LogP contribution in [-0.4, -0.2) is 18.1 Å². The molecule has 1 N–H and O–H groups in total. The monoisotopic (exact) mass is 349 g/mol. The first-order chi connectivity index (χ1) is 9.97. The molecule has 0 atom stereocenters. The summed E-state index contributed by atoms with van der Waals surface area (Å²) in [5, 5.41) is 8.64. The zero-order valence-electron chi connectivity index (χ0n) is 11.3. The molecule has 0 spiro atoms. The van der Waals surface area contributed by atoms with E-state index in [0.29, 0.717) is 0 Å². The third-order valence-electron chi connectivity index (χ3n) is 2.97. The number of halogens is 2. The van der Waals surface area contributed by atoms with Gasteiger partial charge in [0.05, 0.1) is 0 Å². The molecule has 0 saturated carbocycles. The van der Waals surface area contributed by atoms with Crippen LogP contribution in [0.3, 0.4) is 0 Å². The SMILES string of the molecule is CN(c1cccc(F)c1)c1ccc(/C=C/C(=O)O)c(Br)c1.